The monoisotopic (exact) mass is 275 g/mol. The van der Waals surface area contributed by atoms with E-state index in [1.165, 1.54) is 0 Å². The van der Waals surface area contributed by atoms with Gasteiger partial charge >= 0.3 is 0 Å². The molecule has 0 amide bonds. The normalized spacial score (nSPS) is 14.6. The van der Waals surface area contributed by atoms with Crippen molar-refractivity contribution in [3.8, 4) is 0 Å². The molecule has 0 bridgehead atoms. The van der Waals surface area contributed by atoms with E-state index in [0.29, 0.717) is 15.6 Å². The average Bonchev–Trinajstić information content (AvgIpc) is 2.28. The number of nitrogens with one attached hydrogen (secondary N) is 1. The van der Waals surface area contributed by atoms with Crippen molar-refractivity contribution < 1.29 is 5.11 Å². The molecule has 96 valence electrons. The zero-order valence-corrected chi connectivity index (χ0v) is 11.7. The highest BCUT2D eigenvalue weighted by atomic mass is 35.5. The number of unbranched alkanes of at least 4 members (excludes halogenated alkanes) is 1. The highest BCUT2D eigenvalue weighted by Gasteiger charge is 2.18. The van der Waals surface area contributed by atoms with Gasteiger partial charge < -0.3 is 10.4 Å². The third kappa shape index (κ3) is 4.47. The molecule has 2 atom stereocenters. The minimum absolute atomic E-state index is 0.0276. The minimum Gasteiger partial charge on any atom is -0.387 e. The average molecular weight is 276 g/mol. The summed E-state index contributed by atoms with van der Waals surface area (Å²) in [4.78, 5) is 0. The maximum atomic E-state index is 10.2. The van der Waals surface area contributed by atoms with E-state index < -0.39 is 6.10 Å². The van der Waals surface area contributed by atoms with Gasteiger partial charge in [0.25, 0.3) is 0 Å². The Morgan fingerprint density at radius 3 is 2.65 bits per heavy atom. The first-order valence-corrected chi connectivity index (χ1v) is 6.68. The standard InChI is InChI=1S/C13H19Cl2NO/c1-3-4-7-16-9(2)13(17)11-6-5-10(14)8-12(11)15/h5-6,8-9,13,16-17H,3-4,7H2,1-2H3. The van der Waals surface area contributed by atoms with Crippen LogP contribution in [0.4, 0.5) is 0 Å². The number of rotatable bonds is 6. The number of aliphatic hydroxyl groups is 1. The van der Waals surface area contributed by atoms with Crippen LogP contribution in [-0.4, -0.2) is 17.7 Å². The number of hydrogen-bond acceptors (Lipinski definition) is 2. The number of benzene rings is 1. The fourth-order valence-electron chi connectivity index (χ4n) is 1.63. The molecule has 0 aliphatic rings. The predicted molar refractivity (Wildman–Crippen MR) is 73.8 cm³/mol. The van der Waals surface area contributed by atoms with Crippen LogP contribution >= 0.6 is 23.2 Å². The Morgan fingerprint density at radius 1 is 1.35 bits per heavy atom. The zero-order chi connectivity index (χ0) is 12.8. The van der Waals surface area contributed by atoms with Crippen molar-refractivity contribution in [2.75, 3.05) is 6.54 Å². The lowest BCUT2D eigenvalue weighted by Crippen LogP contribution is -2.33. The molecule has 17 heavy (non-hydrogen) atoms. The van der Waals surface area contributed by atoms with Crippen LogP contribution in [0.1, 0.15) is 38.4 Å². The van der Waals surface area contributed by atoms with Gasteiger partial charge in [0.15, 0.2) is 0 Å². The van der Waals surface area contributed by atoms with Crippen molar-refractivity contribution in [3.63, 3.8) is 0 Å². The predicted octanol–water partition coefficient (Wildman–Crippen LogP) is 3.81. The van der Waals surface area contributed by atoms with Gasteiger partial charge in [0.2, 0.25) is 0 Å². The molecule has 0 aliphatic heterocycles. The smallest absolute Gasteiger partial charge is 0.0954 e. The fraction of sp³-hybridized carbons (Fsp3) is 0.538. The molecule has 0 radical (unpaired) electrons. The lowest BCUT2D eigenvalue weighted by molar-refractivity contribution is 0.136. The highest BCUT2D eigenvalue weighted by molar-refractivity contribution is 6.35. The molecule has 0 saturated carbocycles. The molecule has 4 heteroatoms. The second kappa shape index (κ2) is 7.22. The first kappa shape index (κ1) is 14.8. The second-order valence-corrected chi connectivity index (χ2v) is 5.05. The Bertz CT molecular complexity index is 357. The van der Waals surface area contributed by atoms with E-state index >= 15 is 0 Å². The second-order valence-electron chi connectivity index (χ2n) is 4.21. The molecule has 1 aromatic carbocycles. The molecule has 0 aromatic heterocycles. The minimum atomic E-state index is -0.614. The first-order chi connectivity index (χ1) is 8.06. The maximum Gasteiger partial charge on any atom is 0.0954 e. The van der Waals surface area contributed by atoms with Crippen LogP contribution in [0, 0.1) is 0 Å². The van der Waals surface area contributed by atoms with Gasteiger partial charge in [-0.1, -0.05) is 42.6 Å². The summed E-state index contributed by atoms with van der Waals surface area (Å²) in [6.07, 6.45) is 1.62. The van der Waals surface area contributed by atoms with E-state index in [0.717, 1.165) is 19.4 Å². The molecule has 0 aliphatic carbocycles. The molecule has 1 rings (SSSR count). The van der Waals surface area contributed by atoms with E-state index in [1.54, 1.807) is 18.2 Å². The lowest BCUT2D eigenvalue weighted by atomic mass is 10.0. The first-order valence-electron chi connectivity index (χ1n) is 5.92. The van der Waals surface area contributed by atoms with Crippen LogP contribution in [0.3, 0.4) is 0 Å². The number of aliphatic hydroxyl groups excluding tert-OH is 1. The van der Waals surface area contributed by atoms with Crippen molar-refractivity contribution in [2.45, 2.75) is 38.8 Å². The van der Waals surface area contributed by atoms with Crippen LogP contribution in [-0.2, 0) is 0 Å². The molecule has 1 aromatic rings. The SMILES string of the molecule is CCCCNC(C)C(O)c1ccc(Cl)cc1Cl. The Balaban J connectivity index is 2.64. The third-order valence-corrected chi connectivity index (χ3v) is 3.31. The summed E-state index contributed by atoms with van der Waals surface area (Å²) < 4.78 is 0. The molecule has 0 fully saturated rings. The quantitative estimate of drug-likeness (QED) is 0.774. The van der Waals surface area contributed by atoms with Crippen molar-refractivity contribution in [3.05, 3.63) is 33.8 Å². The summed E-state index contributed by atoms with van der Waals surface area (Å²) in [5.74, 6) is 0. The van der Waals surface area contributed by atoms with Crippen molar-refractivity contribution in [2.24, 2.45) is 0 Å². The number of hydrogen-bond donors (Lipinski definition) is 2. The third-order valence-electron chi connectivity index (χ3n) is 2.75. The number of halogens is 2. The van der Waals surface area contributed by atoms with Gasteiger partial charge in [-0.3, -0.25) is 0 Å². The van der Waals surface area contributed by atoms with Gasteiger partial charge in [0, 0.05) is 21.7 Å². The van der Waals surface area contributed by atoms with Crippen LogP contribution in [0.25, 0.3) is 0 Å². The van der Waals surface area contributed by atoms with Crippen molar-refractivity contribution >= 4 is 23.2 Å². The summed E-state index contributed by atoms with van der Waals surface area (Å²) in [7, 11) is 0. The summed E-state index contributed by atoms with van der Waals surface area (Å²) >= 11 is 11.9. The molecular weight excluding hydrogens is 257 g/mol. The topological polar surface area (TPSA) is 32.3 Å². The van der Waals surface area contributed by atoms with E-state index in [9.17, 15) is 5.11 Å². The van der Waals surface area contributed by atoms with Crippen molar-refractivity contribution in [1.82, 2.24) is 5.32 Å². The van der Waals surface area contributed by atoms with Crippen LogP contribution in [0.5, 0.6) is 0 Å². The van der Waals surface area contributed by atoms with Gasteiger partial charge in [-0.15, -0.1) is 0 Å². The fourth-order valence-corrected chi connectivity index (χ4v) is 2.15. The van der Waals surface area contributed by atoms with Crippen LogP contribution < -0.4 is 5.32 Å². The van der Waals surface area contributed by atoms with Crippen LogP contribution in [0.2, 0.25) is 10.0 Å². The van der Waals surface area contributed by atoms with E-state index in [4.69, 9.17) is 23.2 Å². The Labute approximate surface area is 113 Å². The van der Waals surface area contributed by atoms with E-state index in [1.807, 2.05) is 6.92 Å². The molecule has 2 N–H and O–H groups in total. The van der Waals surface area contributed by atoms with Gasteiger partial charge in [-0.2, -0.15) is 0 Å². The van der Waals surface area contributed by atoms with E-state index in [-0.39, 0.29) is 6.04 Å². The van der Waals surface area contributed by atoms with Gasteiger partial charge in [0.1, 0.15) is 0 Å². The van der Waals surface area contributed by atoms with E-state index in [2.05, 4.69) is 12.2 Å². The summed E-state index contributed by atoms with van der Waals surface area (Å²) in [6.45, 7) is 4.99. The largest absolute Gasteiger partial charge is 0.387 e. The van der Waals surface area contributed by atoms with Gasteiger partial charge in [-0.25, -0.2) is 0 Å². The summed E-state index contributed by atoms with van der Waals surface area (Å²) in [6, 6.07) is 5.14. The Morgan fingerprint density at radius 2 is 2.06 bits per heavy atom. The lowest BCUT2D eigenvalue weighted by Gasteiger charge is -2.21. The maximum absolute atomic E-state index is 10.2. The van der Waals surface area contributed by atoms with Gasteiger partial charge in [-0.05, 0) is 32.0 Å². The molecule has 2 nitrogen and oxygen atoms in total. The summed E-state index contributed by atoms with van der Waals surface area (Å²) in [5, 5.41) is 14.5. The molecule has 0 heterocycles. The van der Waals surface area contributed by atoms with Crippen LogP contribution in [0.15, 0.2) is 18.2 Å². The summed E-state index contributed by atoms with van der Waals surface area (Å²) in [5.41, 5.74) is 0.715. The molecule has 2 unspecified atom stereocenters. The Kier molecular flexibility index (Phi) is 6.28. The molecule has 0 spiro atoms. The van der Waals surface area contributed by atoms with Gasteiger partial charge in [0.05, 0.1) is 6.10 Å². The zero-order valence-electron chi connectivity index (χ0n) is 10.2. The van der Waals surface area contributed by atoms with Crippen molar-refractivity contribution in [1.29, 1.82) is 0 Å². The molecular formula is C13H19Cl2NO. The molecule has 0 saturated heterocycles. The Hall–Kier alpha value is -0.280. The highest BCUT2D eigenvalue weighted by Crippen LogP contribution is 2.27.